The molecule has 106 valence electrons. The fourth-order valence-electron chi connectivity index (χ4n) is 4.01. The number of fused-ring (bicyclic) bond motifs is 2. The summed E-state index contributed by atoms with van der Waals surface area (Å²) in [6.07, 6.45) is 3.82. The van der Waals surface area contributed by atoms with Crippen molar-refractivity contribution in [2.24, 2.45) is 16.4 Å². The molecule has 0 spiro atoms. The maximum atomic E-state index is 11.4. The topological polar surface area (TPSA) is 80.2 Å². The second-order valence-electron chi connectivity index (χ2n) is 6.16. The largest absolute Gasteiger partial charge is 0.477 e. The zero-order valence-electron chi connectivity index (χ0n) is 11.3. The highest BCUT2D eigenvalue weighted by atomic mass is 16.7. The van der Waals surface area contributed by atoms with Crippen LogP contribution in [0.5, 0.6) is 0 Å². The van der Waals surface area contributed by atoms with Crippen LogP contribution in [0.3, 0.4) is 0 Å². The fraction of sp³-hybridized carbons (Fsp3) is 0.846. The van der Waals surface area contributed by atoms with Crippen molar-refractivity contribution >= 4 is 11.7 Å². The molecular weight excluding hydrogens is 248 g/mol. The third-order valence-corrected chi connectivity index (χ3v) is 5.19. The van der Waals surface area contributed by atoms with E-state index >= 15 is 0 Å². The van der Waals surface area contributed by atoms with Gasteiger partial charge in [-0.05, 0) is 31.1 Å². The van der Waals surface area contributed by atoms with Gasteiger partial charge in [-0.15, -0.1) is 0 Å². The minimum Gasteiger partial charge on any atom is -0.477 e. The van der Waals surface area contributed by atoms with E-state index in [0.717, 1.165) is 25.7 Å². The highest BCUT2D eigenvalue weighted by Gasteiger charge is 2.63. The Morgan fingerprint density at radius 2 is 2.16 bits per heavy atom. The summed E-state index contributed by atoms with van der Waals surface area (Å²) in [7, 11) is 1.59. The Bertz CT molecular complexity index is 421. The Labute approximate surface area is 112 Å². The van der Waals surface area contributed by atoms with Crippen LogP contribution in [-0.2, 0) is 14.3 Å². The maximum absolute atomic E-state index is 11.4. The maximum Gasteiger partial charge on any atom is 0.352 e. The van der Waals surface area contributed by atoms with Crippen LogP contribution in [0.4, 0.5) is 0 Å². The number of nitrogens with zero attached hydrogens (tertiary/aromatic N) is 1. The van der Waals surface area contributed by atoms with Gasteiger partial charge < -0.3 is 20.0 Å². The van der Waals surface area contributed by atoms with Gasteiger partial charge in [0.25, 0.3) is 0 Å². The van der Waals surface area contributed by atoms with Gasteiger partial charge >= 0.3 is 5.97 Å². The molecule has 0 amide bonds. The predicted molar refractivity (Wildman–Crippen MR) is 67.8 cm³/mol. The molecule has 0 aromatic carbocycles. The van der Waals surface area contributed by atoms with Crippen molar-refractivity contribution in [2.75, 3.05) is 13.9 Å². The van der Waals surface area contributed by atoms with E-state index < -0.39 is 11.6 Å². The number of rotatable bonds is 4. The Kier molecular flexibility index (Phi) is 2.83. The lowest BCUT2D eigenvalue weighted by atomic mass is 9.51. The van der Waals surface area contributed by atoms with Gasteiger partial charge in [-0.2, -0.15) is 5.10 Å². The molecule has 0 saturated heterocycles. The van der Waals surface area contributed by atoms with E-state index in [-0.39, 0.29) is 29.9 Å². The first-order valence-corrected chi connectivity index (χ1v) is 6.72. The van der Waals surface area contributed by atoms with Crippen molar-refractivity contribution in [1.29, 1.82) is 0 Å². The van der Waals surface area contributed by atoms with Crippen LogP contribution in [0, 0.1) is 11.3 Å². The van der Waals surface area contributed by atoms with E-state index in [2.05, 4.69) is 17.5 Å². The van der Waals surface area contributed by atoms with Crippen LogP contribution < -0.4 is 5.43 Å². The van der Waals surface area contributed by atoms with Crippen molar-refractivity contribution in [3.63, 3.8) is 0 Å². The summed E-state index contributed by atoms with van der Waals surface area (Å²) in [6.45, 7) is 2.42. The lowest BCUT2D eigenvalue weighted by molar-refractivity contribution is -0.204. The van der Waals surface area contributed by atoms with Gasteiger partial charge in [0.1, 0.15) is 6.79 Å². The van der Waals surface area contributed by atoms with Crippen molar-refractivity contribution in [2.45, 2.75) is 44.2 Å². The number of aliphatic carboxylic acids is 1. The monoisotopic (exact) mass is 268 g/mol. The summed E-state index contributed by atoms with van der Waals surface area (Å²) in [5, 5.41) is 13.4. The number of hydrazone groups is 1. The molecule has 4 aliphatic rings. The number of ether oxygens (including phenoxy) is 2. The summed E-state index contributed by atoms with van der Waals surface area (Å²) in [5.74, 6) is -1.12. The molecule has 0 aromatic rings. The lowest BCUT2D eigenvalue weighted by Gasteiger charge is -2.58. The SMILES string of the molecule is COCOC12CCC(C)(CC1)C1NN=C(C(=O)O)C12. The smallest absolute Gasteiger partial charge is 0.352 e. The lowest BCUT2D eigenvalue weighted by Crippen LogP contribution is -2.65. The number of nitrogens with one attached hydrogen (secondary N) is 1. The number of carboxylic acid groups (broad SMARTS) is 1. The molecule has 2 atom stereocenters. The average molecular weight is 268 g/mol. The normalized spacial score (nSPS) is 43.6. The van der Waals surface area contributed by atoms with Gasteiger partial charge in [0, 0.05) is 7.11 Å². The Balaban J connectivity index is 1.95. The van der Waals surface area contributed by atoms with E-state index in [1.165, 1.54) is 0 Å². The van der Waals surface area contributed by atoms with Gasteiger partial charge in [0.15, 0.2) is 5.71 Å². The summed E-state index contributed by atoms with van der Waals surface area (Å²) in [6, 6.07) is 0.0676. The first-order chi connectivity index (χ1) is 9.02. The molecule has 19 heavy (non-hydrogen) atoms. The third-order valence-electron chi connectivity index (χ3n) is 5.19. The van der Waals surface area contributed by atoms with Crippen LogP contribution in [-0.4, -0.2) is 42.3 Å². The summed E-state index contributed by atoms with van der Waals surface area (Å²) in [5.41, 5.74) is 2.95. The fourth-order valence-corrected chi connectivity index (χ4v) is 4.01. The zero-order chi connectivity index (χ0) is 13.7. The van der Waals surface area contributed by atoms with E-state index in [9.17, 15) is 9.90 Å². The highest BCUT2D eigenvalue weighted by Crippen LogP contribution is 2.58. The minimum atomic E-state index is -0.948. The number of hydrogen-bond donors (Lipinski definition) is 2. The molecule has 1 heterocycles. The van der Waals surface area contributed by atoms with Gasteiger partial charge in [-0.3, -0.25) is 0 Å². The summed E-state index contributed by atoms with van der Waals surface area (Å²) >= 11 is 0. The average Bonchev–Trinajstić information content (AvgIpc) is 2.86. The molecule has 0 aromatic heterocycles. The van der Waals surface area contributed by atoms with Crippen LogP contribution in [0.15, 0.2) is 5.10 Å². The van der Waals surface area contributed by atoms with Crippen LogP contribution in [0.2, 0.25) is 0 Å². The van der Waals surface area contributed by atoms with E-state index in [1.54, 1.807) is 7.11 Å². The number of carbonyl (C=O) groups is 1. The standard InChI is InChI=1S/C13H20N2O4/c1-12-3-5-13(6-4-12,19-7-18-2)8-9(11(16)17)14-15-10(8)12/h8,10,15H,3-7H2,1-2H3,(H,16,17). The van der Waals surface area contributed by atoms with Crippen LogP contribution >= 0.6 is 0 Å². The quantitative estimate of drug-likeness (QED) is 0.743. The highest BCUT2D eigenvalue weighted by molar-refractivity contribution is 6.37. The third kappa shape index (κ3) is 1.70. The van der Waals surface area contributed by atoms with Crippen molar-refractivity contribution < 1.29 is 19.4 Å². The molecule has 0 radical (unpaired) electrons. The van der Waals surface area contributed by atoms with Gasteiger partial charge in [0.05, 0.1) is 17.6 Å². The molecule has 2 bridgehead atoms. The van der Waals surface area contributed by atoms with E-state index in [4.69, 9.17) is 9.47 Å². The molecule has 3 aliphatic carbocycles. The summed E-state index contributed by atoms with van der Waals surface area (Å²) in [4.78, 5) is 11.4. The number of hydrogen-bond acceptors (Lipinski definition) is 5. The number of methoxy groups -OCH3 is 1. The second kappa shape index (κ2) is 4.18. The van der Waals surface area contributed by atoms with Crippen molar-refractivity contribution in [1.82, 2.24) is 5.43 Å². The van der Waals surface area contributed by atoms with Crippen molar-refractivity contribution in [3.8, 4) is 0 Å². The Morgan fingerprint density at radius 1 is 1.47 bits per heavy atom. The van der Waals surface area contributed by atoms with E-state index in [1.807, 2.05) is 0 Å². The van der Waals surface area contributed by atoms with E-state index in [0.29, 0.717) is 0 Å². The first kappa shape index (κ1) is 12.9. The molecule has 3 saturated carbocycles. The zero-order valence-corrected chi connectivity index (χ0v) is 11.3. The molecule has 3 fully saturated rings. The molecular formula is C13H20N2O4. The van der Waals surface area contributed by atoms with Crippen LogP contribution in [0.1, 0.15) is 32.6 Å². The Hall–Kier alpha value is -1.14. The molecule has 2 unspecified atom stereocenters. The van der Waals surface area contributed by atoms with Gasteiger partial charge in [-0.1, -0.05) is 6.92 Å². The van der Waals surface area contributed by atoms with Gasteiger partial charge in [-0.25, -0.2) is 4.79 Å². The first-order valence-electron chi connectivity index (χ1n) is 6.72. The minimum absolute atomic E-state index is 0.0676. The summed E-state index contributed by atoms with van der Waals surface area (Å²) < 4.78 is 11.0. The van der Waals surface area contributed by atoms with Gasteiger partial charge in [0.2, 0.25) is 0 Å². The predicted octanol–water partition coefficient (Wildman–Crippen LogP) is 0.968. The Morgan fingerprint density at radius 3 is 2.74 bits per heavy atom. The molecule has 4 rings (SSSR count). The van der Waals surface area contributed by atoms with Crippen LogP contribution in [0.25, 0.3) is 0 Å². The second-order valence-corrected chi connectivity index (χ2v) is 6.16. The molecule has 2 N–H and O–H groups in total. The molecule has 6 heteroatoms. The van der Waals surface area contributed by atoms with Crippen molar-refractivity contribution in [3.05, 3.63) is 0 Å². The molecule has 1 aliphatic heterocycles. The number of carboxylic acids is 1. The molecule has 6 nitrogen and oxygen atoms in total.